The van der Waals surface area contributed by atoms with Gasteiger partial charge in [-0.3, -0.25) is 9.67 Å². The highest BCUT2D eigenvalue weighted by atomic mass is 15.3. The Morgan fingerprint density at radius 3 is 3.25 bits per heavy atom. The Labute approximate surface area is 94.3 Å². The second-order valence-corrected chi connectivity index (χ2v) is 4.12. The highest BCUT2D eigenvalue weighted by Gasteiger charge is 2.15. The molecule has 0 radical (unpaired) electrons. The fourth-order valence-electron chi connectivity index (χ4n) is 2.08. The average Bonchev–Trinajstić information content (AvgIpc) is 2.72. The van der Waals surface area contributed by atoms with Gasteiger partial charge < -0.3 is 5.32 Å². The third-order valence-corrected chi connectivity index (χ3v) is 2.93. The Morgan fingerprint density at radius 1 is 1.44 bits per heavy atom. The van der Waals surface area contributed by atoms with Gasteiger partial charge in [0.15, 0.2) is 0 Å². The van der Waals surface area contributed by atoms with Crippen molar-refractivity contribution in [3.05, 3.63) is 35.8 Å². The molecule has 82 valence electrons. The van der Waals surface area contributed by atoms with Crippen molar-refractivity contribution in [3.8, 4) is 11.3 Å². The molecular weight excluding hydrogens is 200 g/mol. The Kier molecular flexibility index (Phi) is 2.22. The maximum absolute atomic E-state index is 4.41. The standard InChI is InChI=1S/C12H14N4/c1-9-2-3-14-11(6-9)10-7-15-16-5-4-13-8-12(10)16/h2-3,6-7,13H,4-5,8H2,1H3. The summed E-state index contributed by atoms with van der Waals surface area (Å²) in [4.78, 5) is 4.41. The van der Waals surface area contributed by atoms with Crippen LogP contribution in [0.2, 0.25) is 0 Å². The van der Waals surface area contributed by atoms with Crippen molar-refractivity contribution >= 4 is 0 Å². The molecule has 0 fully saturated rings. The van der Waals surface area contributed by atoms with Gasteiger partial charge in [0, 0.05) is 24.8 Å². The summed E-state index contributed by atoms with van der Waals surface area (Å²) in [5.74, 6) is 0. The molecule has 0 spiro atoms. The van der Waals surface area contributed by atoms with Crippen LogP contribution in [0, 0.1) is 6.92 Å². The largest absolute Gasteiger partial charge is 0.309 e. The van der Waals surface area contributed by atoms with Crippen LogP contribution in [-0.2, 0) is 13.1 Å². The van der Waals surface area contributed by atoms with Crippen LogP contribution in [-0.4, -0.2) is 21.3 Å². The molecule has 0 saturated carbocycles. The van der Waals surface area contributed by atoms with E-state index in [1.807, 2.05) is 18.5 Å². The molecule has 4 heteroatoms. The van der Waals surface area contributed by atoms with Crippen LogP contribution in [0.4, 0.5) is 0 Å². The minimum atomic E-state index is 0.880. The second-order valence-electron chi connectivity index (χ2n) is 4.12. The molecule has 3 rings (SSSR count). The van der Waals surface area contributed by atoms with E-state index in [9.17, 15) is 0 Å². The Morgan fingerprint density at radius 2 is 2.38 bits per heavy atom. The first kappa shape index (κ1) is 9.54. The van der Waals surface area contributed by atoms with Gasteiger partial charge in [0.1, 0.15) is 0 Å². The molecule has 2 aromatic rings. The van der Waals surface area contributed by atoms with Gasteiger partial charge in [0.2, 0.25) is 0 Å². The SMILES string of the molecule is Cc1ccnc(-c2cnn3c2CNCC3)c1. The van der Waals surface area contributed by atoms with Gasteiger partial charge in [-0.15, -0.1) is 0 Å². The van der Waals surface area contributed by atoms with E-state index in [1.165, 1.54) is 11.3 Å². The van der Waals surface area contributed by atoms with Gasteiger partial charge >= 0.3 is 0 Å². The van der Waals surface area contributed by atoms with E-state index in [2.05, 4.69) is 33.1 Å². The summed E-state index contributed by atoms with van der Waals surface area (Å²) in [5.41, 5.74) is 4.64. The molecule has 0 saturated heterocycles. The van der Waals surface area contributed by atoms with Crippen LogP contribution in [0.25, 0.3) is 11.3 Å². The van der Waals surface area contributed by atoms with Crippen LogP contribution in [0.15, 0.2) is 24.5 Å². The van der Waals surface area contributed by atoms with Crippen molar-refractivity contribution in [1.29, 1.82) is 0 Å². The lowest BCUT2D eigenvalue weighted by Crippen LogP contribution is -2.28. The van der Waals surface area contributed by atoms with Crippen molar-refractivity contribution in [2.75, 3.05) is 6.54 Å². The first-order valence-corrected chi connectivity index (χ1v) is 5.53. The minimum absolute atomic E-state index is 0.880. The number of hydrogen-bond acceptors (Lipinski definition) is 3. The maximum atomic E-state index is 4.41. The summed E-state index contributed by atoms with van der Waals surface area (Å²) in [6, 6.07) is 4.12. The van der Waals surface area contributed by atoms with E-state index < -0.39 is 0 Å². The monoisotopic (exact) mass is 214 g/mol. The zero-order chi connectivity index (χ0) is 11.0. The third-order valence-electron chi connectivity index (χ3n) is 2.93. The highest BCUT2D eigenvalue weighted by Crippen LogP contribution is 2.23. The van der Waals surface area contributed by atoms with E-state index in [1.54, 1.807) is 0 Å². The van der Waals surface area contributed by atoms with Gasteiger partial charge in [-0.25, -0.2) is 0 Å². The molecule has 0 aromatic carbocycles. The molecule has 16 heavy (non-hydrogen) atoms. The Balaban J connectivity index is 2.09. The molecule has 4 nitrogen and oxygen atoms in total. The Bertz CT molecular complexity index is 515. The number of pyridine rings is 1. The summed E-state index contributed by atoms with van der Waals surface area (Å²) in [6.07, 6.45) is 3.77. The molecule has 0 bridgehead atoms. The molecule has 0 unspecified atom stereocenters. The molecule has 3 heterocycles. The number of aryl methyl sites for hydroxylation is 1. The number of aromatic nitrogens is 3. The molecule has 1 aliphatic heterocycles. The number of nitrogens with zero attached hydrogens (tertiary/aromatic N) is 3. The number of hydrogen-bond donors (Lipinski definition) is 1. The first-order chi connectivity index (χ1) is 7.84. The average molecular weight is 214 g/mol. The van der Waals surface area contributed by atoms with Crippen LogP contribution >= 0.6 is 0 Å². The van der Waals surface area contributed by atoms with Crippen LogP contribution in [0.3, 0.4) is 0 Å². The lowest BCUT2D eigenvalue weighted by Gasteiger charge is -2.16. The molecule has 2 aromatic heterocycles. The van der Waals surface area contributed by atoms with Crippen molar-refractivity contribution in [2.45, 2.75) is 20.0 Å². The fourth-order valence-corrected chi connectivity index (χ4v) is 2.08. The third kappa shape index (κ3) is 1.51. The fraction of sp³-hybridized carbons (Fsp3) is 0.333. The van der Waals surface area contributed by atoms with E-state index in [4.69, 9.17) is 0 Å². The number of nitrogens with one attached hydrogen (secondary N) is 1. The predicted octanol–water partition coefficient (Wildman–Crippen LogP) is 1.36. The van der Waals surface area contributed by atoms with Crippen molar-refractivity contribution in [3.63, 3.8) is 0 Å². The summed E-state index contributed by atoms with van der Waals surface area (Å²) in [7, 11) is 0. The number of rotatable bonds is 1. The topological polar surface area (TPSA) is 42.7 Å². The highest BCUT2D eigenvalue weighted by molar-refractivity contribution is 5.61. The molecule has 1 aliphatic rings. The predicted molar refractivity (Wildman–Crippen MR) is 61.9 cm³/mol. The van der Waals surface area contributed by atoms with E-state index in [-0.39, 0.29) is 0 Å². The first-order valence-electron chi connectivity index (χ1n) is 5.53. The summed E-state index contributed by atoms with van der Waals surface area (Å²) in [6.45, 7) is 4.90. The summed E-state index contributed by atoms with van der Waals surface area (Å²) < 4.78 is 2.07. The molecule has 0 aliphatic carbocycles. The van der Waals surface area contributed by atoms with Gasteiger partial charge in [0.05, 0.1) is 24.1 Å². The lowest BCUT2D eigenvalue weighted by atomic mass is 10.1. The van der Waals surface area contributed by atoms with Gasteiger partial charge in [-0.2, -0.15) is 5.10 Å². The van der Waals surface area contributed by atoms with Crippen LogP contribution < -0.4 is 5.32 Å². The lowest BCUT2D eigenvalue weighted by molar-refractivity contribution is 0.476. The van der Waals surface area contributed by atoms with Gasteiger partial charge in [0.25, 0.3) is 0 Å². The van der Waals surface area contributed by atoms with E-state index in [0.717, 1.165) is 30.9 Å². The van der Waals surface area contributed by atoms with Crippen LogP contribution in [0.5, 0.6) is 0 Å². The number of fused-ring (bicyclic) bond motifs is 1. The van der Waals surface area contributed by atoms with Gasteiger partial charge in [-0.1, -0.05) is 0 Å². The molecule has 1 N–H and O–H groups in total. The zero-order valence-corrected chi connectivity index (χ0v) is 9.27. The van der Waals surface area contributed by atoms with Crippen molar-refractivity contribution in [2.24, 2.45) is 0 Å². The summed E-state index contributed by atoms with van der Waals surface area (Å²) in [5, 5.41) is 7.76. The van der Waals surface area contributed by atoms with Gasteiger partial charge in [-0.05, 0) is 24.6 Å². The molecule has 0 atom stereocenters. The zero-order valence-electron chi connectivity index (χ0n) is 9.27. The minimum Gasteiger partial charge on any atom is -0.309 e. The Hall–Kier alpha value is -1.68. The molecular formula is C12H14N4. The van der Waals surface area contributed by atoms with E-state index >= 15 is 0 Å². The maximum Gasteiger partial charge on any atom is 0.0739 e. The van der Waals surface area contributed by atoms with E-state index in [0.29, 0.717) is 0 Å². The second kappa shape index (κ2) is 3.72. The normalized spacial score (nSPS) is 14.8. The van der Waals surface area contributed by atoms with Crippen molar-refractivity contribution < 1.29 is 0 Å². The molecule has 0 amide bonds. The van der Waals surface area contributed by atoms with Crippen molar-refractivity contribution in [1.82, 2.24) is 20.1 Å². The van der Waals surface area contributed by atoms with Crippen LogP contribution in [0.1, 0.15) is 11.3 Å². The summed E-state index contributed by atoms with van der Waals surface area (Å²) >= 11 is 0. The smallest absolute Gasteiger partial charge is 0.0739 e. The quantitative estimate of drug-likeness (QED) is 0.779.